The summed E-state index contributed by atoms with van der Waals surface area (Å²) in [4.78, 5) is 16.8. The zero-order valence-electron chi connectivity index (χ0n) is 16.0. The Balaban J connectivity index is 2.23. The molecule has 0 radical (unpaired) electrons. The fraction of sp³-hybridized carbons (Fsp3) is 0.429. The number of carbonyl (C=O) groups excluding carboxylic acids is 1. The molecule has 1 amide bonds. The smallest absolute Gasteiger partial charge is 0.251 e. The summed E-state index contributed by atoms with van der Waals surface area (Å²) in [7, 11) is 0. The molecule has 2 rings (SSSR count). The number of amides is 1. The number of nitriles is 2. The molecule has 1 N–H and O–H groups in total. The van der Waals surface area contributed by atoms with E-state index in [1.54, 1.807) is 32.0 Å². The lowest BCUT2D eigenvalue weighted by Gasteiger charge is -2.27. The third kappa shape index (κ3) is 4.81. The van der Waals surface area contributed by atoms with Crippen molar-refractivity contribution in [2.75, 3.05) is 19.8 Å². The lowest BCUT2D eigenvalue weighted by Crippen LogP contribution is -2.27. The maximum atomic E-state index is 12.4. The van der Waals surface area contributed by atoms with Gasteiger partial charge in [-0.1, -0.05) is 12.1 Å². The molecule has 1 aliphatic rings. The molecule has 0 aliphatic carbocycles. The highest BCUT2D eigenvalue weighted by atomic mass is 16.5. The average molecular weight is 364 g/mol. The van der Waals surface area contributed by atoms with Crippen molar-refractivity contribution in [1.82, 2.24) is 5.32 Å². The normalized spacial score (nSPS) is 19.1. The van der Waals surface area contributed by atoms with Crippen molar-refractivity contribution in [2.45, 2.75) is 33.1 Å². The summed E-state index contributed by atoms with van der Waals surface area (Å²) in [6.45, 7) is 7.31. The van der Waals surface area contributed by atoms with Crippen LogP contribution in [0.4, 0.5) is 0 Å². The van der Waals surface area contributed by atoms with E-state index in [9.17, 15) is 15.3 Å². The second kappa shape index (κ2) is 9.66. The van der Waals surface area contributed by atoms with Gasteiger partial charge in [-0.3, -0.25) is 9.79 Å². The van der Waals surface area contributed by atoms with Crippen molar-refractivity contribution >= 4 is 11.6 Å². The average Bonchev–Trinajstić information content (AvgIpc) is 2.67. The minimum absolute atomic E-state index is 0.178. The molecule has 0 fully saturated rings. The molecule has 0 spiro atoms. The zero-order valence-corrected chi connectivity index (χ0v) is 16.0. The third-order valence-corrected chi connectivity index (χ3v) is 4.55. The predicted octanol–water partition coefficient (Wildman–Crippen LogP) is 3.34. The largest absolute Gasteiger partial charge is 0.382 e. The Morgan fingerprint density at radius 2 is 2.11 bits per heavy atom. The first-order chi connectivity index (χ1) is 13.0. The van der Waals surface area contributed by atoms with E-state index in [1.807, 2.05) is 13.0 Å². The Morgan fingerprint density at radius 1 is 1.33 bits per heavy atom. The lowest BCUT2D eigenvalue weighted by molar-refractivity contribution is 0.0944. The highest BCUT2D eigenvalue weighted by Crippen LogP contribution is 2.38. The number of nitrogens with zero attached hydrogens (tertiary/aromatic N) is 3. The van der Waals surface area contributed by atoms with Gasteiger partial charge in [-0.2, -0.15) is 10.5 Å². The van der Waals surface area contributed by atoms with Crippen LogP contribution in [0.25, 0.3) is 0 Å². The molecule has 0 saturated carbocycles. The van der Waals surface area contributed by atoms with E-state index in [-0.39, 0.29) is 5.91 Å². The van der Waals surface area contributed by atoms with Gasteiger partial charge in [0.05, 0.1) is 29.3 Å². The minimum Gasteiger partial charge on any atom is -0.382 e. The van der Waals surface area contributed by atoms with E-state index in [1.165, 1.54) is 0 Å². The summed E-state index contributed by atoms with van der Waals surface area (Å²) in [6.07, 6.45) is 0.745. The van der Waals surface area contributed by atoms with Crippen LogP contribution in [0.5, 0.6) is 0 Å². The summed E-state index contributed by atoms with van der Waals surface area (Å²) in [5, 5.41) is 22.1. The Labute approximate surface area is 160 Å². The van der Waals surface area contributed by atoms with Crippen LogP contribution in [0.15, 0.2) is 40.5 Å². The summed E-state index contributed by atoms with van der Waals surface area (Å²) in [5.41, 5.74) is 3.06. The van der Waals surface area contributed by atoms with E-state index in [2.05, 4.69) is 22.4 Å². The molecule has 6 heteroatoms. The van der Waals surface area contributed by atoms with Gasteiger partial charge in [-0.25, -0.2) is 0 Å². The van der Waals surface area contributed by atoms with Crippen LogP contribution in [-0.4, -0.2) is 31.4 Å². The monoisotopic (exact) mass is 364 g/mol. The van der Waals surface area contributed by atoms with E-state index >= 15 is 0 Å². The summed E-state index contributed by atoms with van der Waals surface area (Å²) in [6, 6.07) is 11.6. The van der Waals surface area contributed by atoms with Gasteiger partial charge in [0, 0.05) is 37.0 Å². The van der Waals surface area contributed by atoms with Gasteiger partial charge in [-0.15, -0.1) is 0 Å². The Bertz CT molecular complexity index is 842. The maximum absolute atomic E-state index is 12.4. The van der Waals surface area contributed by atoms with Crippen LogP contribution < -0.4 is 5.32 Å². The number of hydrogen-bond acceptors (Lipinski definition) is 5. The zero-order chi connectivity index (χ0) is 19.8. The number of hydrogen-bond donors (Lipinski definition) is 1. The quantitative estimate of drug-likeness (QED) is 0.750. The van der Waals surface area contributed by atoms with Crippen LogP contribution >= 0.6 is 0 Å². The molecule has 2 unspecified atom stereocenters. The second-order valence-corrected chi connectivity index (χ2v) is 6.38. The van der Waals surface area contributed by atoms with Gasteiger partial charge >= 0.3 is 0 Å². The van der Waals surface area contributed by atoms with Gasteiger partial charge in [0.2, 0.25) is 0 Å². The van der Waals surface area contributed by atoms with Crippen molar-refractivity contribution < 1.29 is 9.53 Å². The molecule has 1 aromatic rings. The number of benzene rings is 1. The van der Waals surface area contributed by atoms with Gasteiger partial charge in [-0.05, 0) is 44.9 Å². The molecule has 0 bridgehead atoms. The maximum Gasteiger partial charge on any atom is 0.251 e. The van der Waals surface area contributed by atoms with E-state index in [4.69, 9.17) is 4.74 Å². The van der Waals surface area contributed by atoms with Gasteiger partial charge in [0.1, 0.15) is 0 Å². The molecule has 1 aliphatic heterocycles. The van der Waals surface area contributed by atoms with Crippen LogP contribution in [0.2, 0.25) is 0 Å². The molecule has 0 aromatic heterocycles. The fourth-order valence-electron chi connectivity index (χ4n) is 3.20. The van der Waals surface area contributed by atoms with Gasteiger partial charge in [0.15, 0.2) is 0 Å². The third-order valence-electron chi connectivity index (χ3n) is 4.55. The molecule has 140 valence electrons. The molecule has 1 aromatic carbocycles. The van der Waals surface area contributed by atoms with Crippen molar-refractivity contribution in [1.29, 1.82) is 10.5 Å². The van der Waals surface area contributed by atoms with E-state index in [0.29, 0.717) is 42.3 Å². The number of allylic oxidation sites excluding steroid dienone is 2. The number of rotatable bonds is 7. The fourth-order valence-corrected chi connectivity index (χ4v) is 3.20. The Kier molecular flexibility index (Phi) is 7.28. The molecule has 2 atom stereocenters. The predicted molar refractivity (Wildman–Crippen MR) is 103 cm³/mol. The first kappa shape index (κ1) is 20.4. The Hall–Kier alpha value is -2.96. The lowest BCUT2D eigenvalue weighted by atomic mass is 9.76. The van der Waals surface area contributed by atoms with Crippen molar-refractivity contribution in [3.8, 4) is 12.1 Å². The first-order valence-electron chi connectivity index (χ1n) is 9.05. The second-order valence-electron chi connectivity index (χ2n) is 6.38. The summed E-state index contributed by atoms with van der Waals surface area (Å²) >= 11 is 0. The summed E-state index contributed by atoms with van der Waals surface area (Å²) < 4.78 is 5.26. The van der Waals surface area contributed by atoms with Crippen LogP contribution in [0.1, 0.15) is 49.0 Å². The minimum atomic E-state index is -0.521. The van der Waals surface area contributed by atoms with Crippen LogP contribution in [0, 0.1) is 28.6 Å². The molecule has 6 nitrogen and oxygen atoms in total. The highest BCUT2D eigenvalue weighted by Gasteiger charge is 2.34. The SMILES string of the molecule is CCOCCCNC(=O)c1cccc(C2C(C#N)=C(C)N=C(C)C2C#N)c1. The summed E-state index contributed by atoms with van der Waals surface area (Å²) in [5.74, 6) is -1.11. The van der Waals surface area contributed by atoms with E-state index < -0.39 is 11.8 Å². The highest BCUT2D eigenvalue weighted by molar-refractivity contribution is 5.95. The molecular weight excluding hydrogens is 340 g/mol. The van der Waals surface area contributed by atoms with Gasteiger partial charge < -0.3 is 10.1 Å². The van der Waals surface area contributed by atoms with Crippen LogP contribution in [0.3, 0.4) is 0 Å². The van der Waals surface area contributed by atoms with Crippen molar-refractivity contribution in [3.63, 3.8) is 0 Å². The standard InChI is InChI=1S/C21H24N4O2/c1-4-27-10-6-9-24-21(26)17-8-5-7-16(11-17)20-18(12-22)14(2)25-15(3)19(20)13-23/h5,7-8,11,18,20H,4,6,9-10H2,1-3H3,(H,24,26). The van der Waals surface area contributed by atoms with Crippen molar-refractivity contribution in [3.05, 3.63) is 46.7 Å². The topological polar surface area (TPSA) is 98.3 Å². The number of nitrogens with one attached hydrogen (secondary N) is 1. The number of ether oxygens (including phenoxy) is 1. The number of carbonyl (C=O) groups is 1. The van der Waals surface area contributed by atoms with Crippen molar-refractivity contribution in [2.24, 2.45) is 10.9 Å². The number of aliphatic imine (C=N–C) groups is 1. The molecular formula is C21H24N4O2. The molecule has 1 heterocycles. The Morgan fingerprint density at radius 3 is 2.78 bits per heavy atom. The van der Waals surface area contributed by atoms with Crippen LogP contribution in [-0.2, 0) is 4.74 Å². The molecule has 0 saturated heterocycles. The van der Waals surface area contributed by atoms with E-state index in [0.717, 1.165) is 12.0 Å². The first-order valence-corrected chi connectivity index (χ1v) is 9.05. The molecule has 27 heavy (non-hydrogen) atoms. The van der Waals surface area contributed by atoms with Gasteiger partial charge in [0.25, 0.3) is 5.91 Å².